The molecule has 35 heavy (non-hydrogen) atoms. The van der Waals surface area contributed by atoms with Crippen molar-refractivity contribution < 1.29 is 14.0 Å². The zero-order chi connectivity index (χ0) is 24.8. The fourth-order valence-electron chi connectivity index (χ4n) is 4.42. The highest BCUT2D eigenvalue weighted by Gasteiger charge is 2.27. The van der Waals surface area contributed by atoms with Gasteiger partial charge < -0.3 is 15.5 Å². The monoisotopic (exact) mass is 475 g/mol. The normalized spacial score (nSPS) is 14.9. The van der Waals surface area contributed by atoms with Gasteiger partial charge >= 0.3 is 11.8 Å². The van der Waals surface area contributed by atoms with Crippen LogP contribution in [0.2, 0.25) is 0 Å². The van der Waals surface area contributed by atoms with Gasteiger partial charge in [-0.05, 0) is 49.2 Å². The van der Waals surface area contributed by atoms with Crippen LogP contribution in [0.15, 0.2) is 67.0 Å². The minimum atomic E-state index is -0.703. The van der Waals surface area contributed by atoms with Crippen LogP contribution in [0.4, 0.5) is 15.8 Å². The molecule has 7 nitrogen and oxygen atoms in total. The van der Waals surface area contributed by atoms with Gasteiger partial charge in [0.1, 0.15) is 5.82 Å². The van der Waals surface area contributed by atoms with Crippen LogP contribution in [0.1, 0.15) is 22.7 Å². The van der Waals surface area contributed by atoms with Crippen molar-refractivity contribution in [3.8, 4) is 0 Å². The molecule has 0 bridgehead atoms. The standard InChI is InChI=1S/C27H30FN5O2/c1-19-9-10-23(20(2)16-19)31-27(35)26(34)30-18-25(21-6-5-11-29-17-21)33-14-12-32(13-15-33)24-8-4-3-7-22(24)28/h3-11,16-17,25H,12-15,18H2,1-2H3,(H,30,34)(H,31,35)/t25-/m1/s1. The molecular weight excluding hydrogens is 445 g/mol. The number of piperazine rings is 1. The molecule has 4 rings (SSSR count). The highest BCUT2D eigenvalue weighted by Crippen LogP contribution is 2.25. The molecule has 3 aromatic rings. The minimum Gasteiger partial charge on any atom is -0.367 e. The lowest BCUT2D eigenvalue weighted by atomic mass is 10.1. The van der Waals surface area contributed by atoms with Crippen LogP contribution < -0.4 is 15.5 Å². The molecule has 2 aromatic carbocycles. The molecule has 0 saturated carbocycles. The van der Waals surface area contributed by atoms with E-state index in [0.717, 1.165) is 16.7 Å². The van der Waals surface area contributed by atoms with Gasteiger partial charge in [-0.1, -0.05) is 35.9 Å². The summed E-state index contributed by atoms with van der Waals surface area (Å²) in [7, 11) is 0. The van der Waals surface area contributed by atoms with Crippen LogP contribution in [0.25, 0.3) is 0 Å². The highest BCUT2D eigenvalue weighted by atomic mass is 19.1. The van der Waals surface area contributed by atoms with E-state index in [1.54, 1.807) is 30.6 Å². The number of halogens is 1. The smallest absolute Gasteiger partial charge is 0.313 e. The van der Waals surface area contributed by atoms with Crippen molar-refractivity contribution in [2.24, 2.45) is 0 Å². The number of aryl methyl sites for hydroxylation is 2. The second-order valence-corrected chi connectivity index (χ2v) is 8.76. The lowest BCUT2D eigenvalue weighted by molar-refractivity contribution is -0.136. The molecule has 0 radical (unpaired) electrons. The summed E-state index contributed by atoms with van der Waals surface area (Å²) in [6, 6.07) is 16.1. The molecule has 1 aliphatic rings. The first-order valence-electron chi connectivity index (χ1n) is 11.7. The van der Waals surface area contributed by atoms with Gasteiger partial charge in [0.25, 0.3) is 0 Å². The van der Waals surface area contributed by atoms with Crippen LogP contribution in [0, 0.1) is 19.7 Å². The number of anilines is 2. The molecule has 0 unspecified atom stereocenters. The third-order valence-electron chi connectivity index (χ3n) is 6.31. The van der Waals surface area contributed by atoms with E-state index in [0.29, 0.717) is 37.6 Å². The van der Waals surface area contributed by atoms with Crippen LogP contribution >= 0.6 is 0 Å². The summed E-state index contributed by atoms with van der Waals surface area (Å²) < 4.78 is 14.2. The molecule has 1 fully saturated rings. The van der Waals surface area contributed by atoms with Gasteiger partial charge in [0, 0.05) is 50.8 Å². The molecule has 1 aliphatic heterocycles. The first kappa shape index (κ1) is 24.3. The van der Waals surface area contributed by atoms with Crippen LogP contribution in [0.3, 0.4) is 0 Å². The minimum absolute atomic E-state index is 0.163. The van der Waals surface area contributed by atoms with Crippen molar-refractivity contribution in [3.05, 3.63) is 89.5 Å². The van der Waals surface area contributed by atoms with E-state index >= 15 is 0 Å². The van der Waals surface area contributed by atoms with Crippen molar-refractivity contribution in [3.63, 3.8) is 0 Å². The number of rotatable bonds is 6. The number of aromatic nitrogens is 1. The second-order valence-electron chi connectivity index (χ2n) is 8.76. The van der Waals surface area contributed by atoms with Gasteiger partial charge in [-0.3, -0.25) is 19.5 Å². The molecule has 2 heterocycles. The number of carbonyl (C=O) groups excluding carboxylic acids is 2. The SMILES string of the molecule is Cc1ccc(NC(=O)C(=O)NC[C@H](c2cccnc2)N2CCN(c3ccccc3F)CC2)c(C)c1. The van der Waals surface area contributed by atoms with E-state index in [-0.39, 0.29) is 18.4 Å². The van der Waals surface area contributed by atoms with Crippen molar-refractivity contribution in [1.82, 2.24) is 15.2 Å². The number of nitrogens with one attached hydrogen (secondary N) is 2. The van der Waals surface area contributed by atoms with Crippen LogP contribution in [-0.4, -0.2) is 54.4 Å². The number of nitrogens with zero attached hydrogens (tertiary/aromatic N) is 3. The Balaban J connectivity index is 1.40. The van der Waals surface area contributed by atoms with E-state index in [2.05, 4.69) is 20.5 Å². The maximum Gasteiger partial charge on any atom is 0.313 e. The Bertz CT molecular complexity index is 1180. The number of benzene rings is 2. The number of carbonyl (C=O) groups is 2. The fourth-order valence-corrected chi connectivity index (χ4v) is 4.42. The van der Waals surface area contributed by atoms with Crippen molar-refractivity contribution in [2.45, 2.75) is 19.9 Å². The number of hydrogen-bond acceptors (Lipinski definition) is 5. The Morgan fingerprint density at radius 2 is 1.77 bits per heavy atom. The lowest BCUT2D eigenvalue weighted by Gasteiger charge is -2.40. The van der Waals surface area contributed by atoms with Gasteiger partial charge in [0.2, 0.25) is 0 Å². The molecule has 0 aliphatic carbocycles. The first-order valence-corrected chi connectivity index (χ1v) is 11.7. The summed E-state index contributed by atoms with van der Waals surface area (Å²) in [4.78, 5) is 33.6. The predicted octanol–water partition coefficient (Wildman–Crippen LogP) is 3.46. The van der Waals surface area contributed by atoms with E-state index in [1.807, 2.05) is 49.1 Å². The Morgan fingerprint density at radius 1 is 1.00 bits per heavy atom. The number of amides is 2. The fraction of sp³-hybridized carbons (Fsp3) is 0.296. The number of hydrogen-bond donors (Lipinski definition) is 2. The zero-order valence-corrected chi connectivity index (χ0v) is 20.0. The summed E-state index contributed by atoms with van der Waals surface area (Å²) in [5, 5.41) is 5.48. The molecular formula is C27H30FN5O2. The Kier molecular flexibility index (Phi) is 7.72. The number of pyridine rings is 1. The van der Waals surface area contributed by atoms with E-state index in [4.69, 9.17) is 0 Å². The molecule has 1 aromatic heterocycles. The molecule has 1 atom stereocenters. The summed E-state index contributed by atoms with van der Waals surface area (Å²) in [5.41, 5.74) is 4.14. The van der Waals surface area contributed by atoms with Gasteiger partial charge in [-0.2, -0.15) is 0 Å². The van der Waals surface area contributed by atoms with E-state index < -0.39 is 11.8 Å². The summed E-state index contributed by atoms with van der Waals surface area (Å²) in [5.74, 6) is -1.62. The predicted molar refractivity (Wildman–Crippen MR) is 135 cm³/mol. The second kappa shape index (κ2) is 11.1. The zero-order valence-electron chi connectivity index (χ0n) is 20.0. The topological polar surface area (TPSA) is 77.6 Å². The maximum absolute atomic E-state index is 14.2. The summed E-state index contributed by atoms with van der Waals surface area (Å²) in [6.07, 6.45) is 3.47. The van der Waals surface area contributed by atoms with E-state index in [1.165, 1.54) is 6.07 Å². The highest BCUT2D eigenvalue weighted by molar-refractivity contribution is 6.39. The molecule has 8 heteroatoms. The van der Waals surface area contributed by atoms with Crippen molar-refractivity contribution in [1.29, 1.82) is 0 Å². The average molecular weight is 476 g/mol. The molecule has 2 N–H and O–H groups in total. The largest absolute Gasteiger partial charge is 0.367 e. The Labute approximate surface area is 205 Å². The van der Waals surface area contributed by atoms with Crippen LogP contribution in [-0.2, 0) is 9.59 Å². The summed E-state index contributed by atoms with van der Waals surface area (Å²) in [6.45, 7) is 6.78. The van der Waals surface area contributed by atoms with Gasteiger partial charge in [0.15, 0.2) is 0 Å². The van der Waals surface area contributed by atoms with Crippen LogP contribution in [0.5, 0.6) is 0 Å². The van der Waals surface area contributed by atoms with Gasteiger partial charge in [0.05, 0.1) is 11.7 Å². The maximum atomic E-state index is 14.2. The third-order valence-corrected chi connectivity index (χ3v) is 6.31. The Hall–Kier alpha value is -3.78. The lowest BCUT2D eigenvalue weighted by Crippen LogP contribution is -2.50. The molecule has 182 valence electrons. The average Bonchev–Trinajstić information content (AvgIpc) is 2.87. The van der Waals surface area contributed by atoms with Crippen molar-refractivity contribution in [2.75, 3.05) is 42.9 Å². The number of para-hydroxylation sites is 1. The molecule has 1 saturated heterocycles. The van der Waals surface area contributed by atoms with Gasteiger partial charge in [-0.25, -0.2) is 4.39 Å². The van der Waals surface area contributed by atoms with Gasteiger partial charge in [-0.15, -0.1) is 0 Å². The Morgan fingerprint density at radius 3 is 2.46 bits per heavy atom. The molecule has 2 amide bonds. The quantitative estimate of drug-likeness (QED) is 0.534. The first-order chi connectivity index (χ1) is 16.9. The van der Waals surface area contributed by atoms with E-state index in [9.17, 15) is 14.0 Å². The molecule has 0 spiro atoms. The summed E-state index contributed by atoms with van der Waals surface area (Å²) >= 11 is 0. The van der Waals surface area contributed by atoms with Crippen molar-refractivity contribution >= 4 is 23.2 Å². The third kappa shape index (κ3) is 6.02.